The van der Waals surface area contributed by atoms with Crippen molar-refractivity contribution in [2.24, 2.45) is 0 Å². The zero-order valence-electron chi connectivity index (χ0n) is 12.7. The standard InChI is InChI=1S/C17H19N3O2/c1-12-5-7-14(8-6-12)18-16(21)17(22)20-11-10-19-9-3-4-15(19)13(20)2/h3-9,13H,10-11H2,1-2H3,(H,18,21)/t13-/m0/s1. The summed E-state index contributed by atoms with van der Waals surface area (Å²) < 4.78 is 2.12. The van der Waals surface area contributed by atoms with Crippen LogP contribution in [0.25, 0.3) is 0 Å². The predicted octanol–water partition coefficient (Wildman–Crippen LogP) is 2.34. The van der Waals surface area contributed by atoms with Crippen LogP contribution in [-0.4, -0.2) is 27.8 Å². The molecule has 2 heterocycles. The van der Waals surface area contributed by atoms with Gasteiger partial charge in [0.1, 0.15) is 0 Å². The van der Waals surface area contributed by atoms with Crippen LogP contribution in [0.2, 0.25) is 0 Å². The number of rotatable bonds is 1. The van der Waals surface area contributed by atoms with Crippen molar-refractivity contribution in [1.29, 1.82) is 0 Å². The Labute approximate surface area is 129 Å². The average Bonchev–Trinajstić information content (AvgIpc) is 2.99. The van der Waals surface area contributed by atoms with Crippen molar-refractivity contribution in [2.45, 2.75) is 26.4 Å². The first-order chi connectivity index (χ1) is 10.6. The quantitative estimate of drug-likeness (QED) is 0.821. The normalized spacial score (nSPS) is 17.0. The number of nitrogens with one attached hydrogen (secondary N) is 1. The molecule has 5 nitrogen and oxygen atoms in total. The van der Waals surface area contributed by atoms with E-state index in [1.165, 1.54) is 0 Å². The van der Waals surface area contributed by atoms with Crippen LogP contribution in [-0.2, 0) is 16.1 Å². The minimum Gasteiger partial charge on any atom is -0.348 e. The van der Waals surface area contributed by atoms with Crippen molar-refractivity contribution in [3.63, 3.8) is 0 Å². The van der Waals surface area contributed by atoms with E-state index in [2.05, 4.69) is 9.88 Å². The van der Waals surface area contributed by atoms with Gasteiger partial charge in [0.15, 0.2) is 0 Å². The van der Waals surface area contributed by atoms with Crippen molar-refractivity contribution in [1.82, 2.24) is 9.47 Å². The number of carbonyl (C=O) groups excluding carboxylic acids is 2. The van der Waals surface area contributed by atoms with E-state index >= 15 is 0 Å². The van der Waals surface area contributed by atoms with Crippen LogP contribution >= 0.6 is 0 Å². The number of benzene rings is 1. The summed E-state index contributed by atoms with van der Waals surface area (Å²) in [6.07, 6.45) is 2.00. The van der Waals surface area contributed by atoms with Crippen LogP contribution in [0, 0.1) is 6.92 Å². The van der Waals surface area contributed by atoms with Gasteiger partial charge < -0.3 is 14.8 Å². The largest absolute Gasteiger partial charge is 0.348 e. The Morgan fingerprint density at radius 1 is 1.14 bits per heavy atom. The molecule has 0 bridgehead atoms. The number of nitrogens with zero attached hydrogens (tertiary/aromatic N) is 2. The van der Waals surface area contributed by atoms with Crippen LogP contribution in [0.15, 0.2) is 42.6 Å². The predicted molar refractivity (Wildman–Crippen MR) is 84.4 cm³/mol. The maximum Gasteiger partial charge on any atom is 0.313 e. The number of aromatic nitrogens is 1. The van der Waals surface area contributed by atoms with Gasteiger partial charge in [0.05, 0.1) is 6.04 Å². The van der Waals surface area contributed by atoms with Crippen molar-refractivity contribution in [3.8, 4) is 0 Å². The highest BCUT2D eigenvalue weighted by molar-refractivity contribution is 6.39. The maximum absolute atomic E-state index is 12.4. The summed E-state index contributed by atoms with van der Waals surface area (Å²) in [5.41, 5.74) is 2.80. The van der Waals surface area contributed by atoms with E-state index in [4.69, 9.17) is 0 Å². The fourth-order valence-corrected chi connectivity index (χ4v) is 2.81. The molecule has 1 atom stereocenters. The summed E-state index contributed by atoms with van der Waals surface area (Å²) >= 11 is 0. The van der Waals surface area contributed by atoms with E-state index in [1.54, 1.807) is 17.0 Å². The number of fused-ring (bicyclic) bond motifs is 1. The molecule has 0 unspecified atom stereocenters. The van der Waals surface area contributed by atoms with Gasteiger partial charge in [-0.1, -0.05) is 17.7 Å². The maximum atomic E-state index is 12.4. The van der Waals surface area contributed by atoms with Crippen LogP contribution < -0.4 is 5.32 Å². The molecule has 2 amide bonds. The van der Waals surface area contributed by atoms with Gasteiger partial charge in [0.25, 0.3) is 0 Å². The Balaban J connectivity index is 1.71. The lowest BCUT2D eigenvalue weighted by atomic mass is 10.1. The van der Waals surface area contributed by atoms with E-state index in [0.29, 0.717) is 12.2 Å². The van der Waals surface area contributed by atoms with Gasteiger partial charge >= 0.3 is 11.8 Å². The third kappa shape index (κ3) is 2.62. The molecule has 5 heteroatoms. The Morgan fingerprint density at radius 3 is 2.59 bits per heavy atom. The number of anilines is 1. The van der Waals surface area contributed by atoms with E-state index in [9.17, 15) is 9.59 Å². The summed E-state index contributed by atoms with van der Waals surface area (Å²) in [6.45, 7) is 5.18. The molecule has 1 aliphatic heterocycles. The average molecular weight is 297 g/mol. The molecule has 0 saturated carbocycles. The summed E-state index contributed by atoms with van der Waals surface area (Å²) in [7, 11) is 0. The molecule has 1 aromatic heterocycles. The third-order valence-corrected chi connectivity index (χ3v) is 4.11. The first-order valence-electron chi connectivity index (χ1n) is 7.40. The molecule has 0 spiro atoms. The molecule has 1 N–H and O–H groups in total. The minimum absolute atomic E-state index is 0.0972. The number of hydrogen-bond donors (Lipinski definition) is 1. The van der Waals surface area contributed by atoms with Crippen molar-refractivity contribution in [3.05, 3.63) is 53.9 Å². The van der Waals surface area contributed by atoms with Crippen LogP contribution in [0.1, 0.15) is 24.2 Å². The Bertz CT molecular complexity index is 703. The molecular formula is C17H19N3O2. The van der Waals surface area contributed by atoms with Gasteiger partial charge in [-0.3, -0.25) is 9.59 Å². The van der Waals surface area contributed by atoms with Crippen LogP contribution in [0.3, 0.4) is 0 Å². The van der Waals surface area contributed by atoms with E-state index in [-0.39, 0.29) is 6.04 Å². The van der Waals surface area contributed by atoms with Gasteiger partial charge in [-0.15, -0.1) is 0 Å². The Morgan fingerprint density at radius 2 is 1.86 bits per heavy atom. The molecule has 0 aliphatic carbocycles. The lowest BCUT2D eigenvalue weighted by molar-refractivity contribution is -0.145. The number of amides is 2. The zero-order valence-corrected chi connectivity index (χ0v) is 12.7. The second-order valence-electron chi connectivity index (χ2n) is 5.62. The lowest BCUT2D eigenvalue weighted by Gasteiger charge is -2.34. The molecule has 0 radical (unpaired) electrons. The molecule has 0 fully saturated rings. The fraction of sp³-hybridized carbons (Fsp3) is 0.294. The van der Waals surface area contributed by atoms with Crippen molar-refractivity contribution < 1.29 is 9.59 Å². The molecule has 1 aliphatic rings. The molecule has 3 rings (SSSR count). The van der Waals surface area contributed by atoms with Crippen LogP contribution in [0.5, 0.6) is 0 Å². The van der Waals surface area contributed by atoms with Gasteiger partial charge in [-0.25, -0.2) is 0 Å². The fourth-order valence-electron chi connectivity index (χ4n) is 2.81. The Hall–Kier alpha value is -2.56. The first-order valence-corrected chi connectivity index (χ1v) is 7.40. The van der Waals surface area contributed by atoms with Crippen molar-refractivity contribution >= 4 is 17.5 Å². The lowest BCUT2D eigenvalue weighted by Crippen LogP contribution is -2.45. The zero-order chi connectivity index (χ0) is 15.7. The van der Waals surface area contributed by atoms with E-state index in [1.807, 2.05) is 44.3 Å². The summed E-state index contributed by atoms with van der Waals surface area (Å²) in [4.78, 5) is 26.2. The van der Waals surface area contributed by atoms with Crippen LogP contribution in [0.4, 0.5) is 5.69 Å². The second-order valence-corrected chi connectivity index (χ2v) is 5.62. The first kappa shape index (κ1) is 14.4. The molecule has 114 valence electrons. The molecule has 2 aromatic rings. The Kier molecular flexibility index (Phi) is 3.71. The summed E-state index contributed by atoms with van der Waals surface area (Å²) in [6, 6.07) is 11.2. The molecule has 0 saturated heterocycles. The summed E-state index contributed by atoms with van der Waals surface area (Å²) in [5.74, 6) is -1.07. The highest BCUT2D eigenvalue weighted by Gasteiger charge is 2.31. The second kappa shape index (κ2) is 5.67. The number of hydrogen-bond acceptors (Lipinski definition) is 2. The molecule has 1 aromatic carbocycles. The summed E-state index contributed by atoms with van der Waals surface area (Å²) in [5, 5.41) is 2.67. The molecular weight excluding hydrogens is 278 g/mol. The minimum atomic E-state index is -0.587. The van der Waals surface area contributed by atoms with E-state index in [0.717, 1.165) is 17.8 Å². The highest BCUT2D eigenvalue weighted by atomic mass is 16.2. The SMILES string of the molecule is Cc1ccc(NC(=O)C(=O)N2CCn3cccc3[C@@H]2C)cc1. The molecule has 22 heavy (non-hydrogen) atoms. The third-order valence-electron chi connectivity index (χ3n) is 4.11. The van der Waals surface area contributed by atoms with Gasteiger partial charge in [0, 0.05) is 30.7 Å². The van der Waals surface area contributed by atoms with Gasteiger partial charge in [-0.05, 0) is 38.1 Å². The topological polar surface area (TPSA) is 54.3 Å². The van der Waals surface area contributed by atoms with Crippen molar-refractivity contribution in [2.75, 3.05) is 11.9 Å². The smallest absolute Gasteiger partial charge is 0.313 e. The van der Waals surface area contributed by atoms with Gasteiger partial charge in [-0.2, -0.15) is 0 Å². The number of carbonyl (C=O) groups is 2. The monoisotopic (exact) mass is 297 g/mol. The number of aryl methyl sites for hydroxylation is 1. The highest BCUT2D eigenvalue weighted by Crippen LogP contribution is 2.25. The van der Waals surface area contributed by atoms with E-state index < -0.39 is 11.8 Å². The van der Waals surface area contributed by atoms with Gasteiger partial charge in [0.2, 0.25) is 0 Å².